The van der Waals surface area contributed by atoms with Gasteiger partial charge < -0.3 is 14.3 Å². The fraction of sp³-hybridized carbons (Fsp3) is 0.778. The Morgan fingerprint density at radius 1 is 1.71 bits per heavy atom. The summed E-state index contributed by atoms with van der Waals surface area (Å²) in [6, 6.07) is 0. The van der Waals surface area contributed by atoms with Gasteiger partial charge in [0, 0.05) is 6.42 Å². The van der Waals surface area contributed by atoms with E-state index in [9.17, 15) is 4.79 Å². The zero-order valence-corrected chi connectivity index (χ0v) is 8.12. The lowest BCUT2D eigenvalue weighted by atomic mass is 10.1. The van der Waals surface area contributed by atoms with Crippen LogP contribution in [-0.2, 0) is 19.1 Å². The second-order valence-electron chi connectivity index (χ2n) is 3.39. The van der Waals surface area contributed by atoms with E-state index in [1.54, 1.807) is 6.92 Å². The van der Waals surface area contributed by atoms with Crippen molar-refractivity contribution in [2.45, 2.75) is 32.0 Å². The van der Waals surface area contributed by atoms with Crippen LogP contribution in [0.3, 0.4) is 0 Å². The van der Waals surface area contributed by atoms with Crippen LogP contribution in [0.4, 0.5) is 0 Å². The molecular weight excluding hydrogens is 186 g/mol. The van der Waals surface area contributed by atoms with Crippen molar-refractivity contribution in [1.29, 1.82) is 0 Å². The van der Waals surface area contributed by atoms with E-state index in [1.165, 1.54) is 0 Å². The van der Waals surface area contributed by atoms with Crippen molar-refractivity contribution in [1.82, 2.24) is 0 Å². The molecule has 0 bridgehead atoms. The van der Waals surface area contributed by atoms with Gasteiger partial charge in [-0.1, -0.05) is 5.16 Å². The Morgan fingerprint density at radius 2 is 2.57 bits per heavy atom. The Bertz CT molecular complexity index is 268. The third-order valence-electron chi connectivity index (χ3n) is 2.34. The summed E-state index contributed by atoms with van der Waals surface area (Å²) in [4.78, 5) is 16.4. The average Bonchev–Trinajstić information content (AvgIpc) is 2.78. The molecule has 1 fully saturated rings. The van der Waals surface area contributed by atoms with Crippen LogP contribution < -0.4 is 0 Å². The van der Waals surface area contributed by atoms with Crippen molar-refractivity contribution in [2.24, 2.45) is 5.16 Å². The molecule has 5 heteroatoms. The van der Waals surface area contributed by atoms with Crippen LogP contribution in [0.15, 0.2) is 5.16 Å². The number of hydrogen-bond donors (Lipinski definition) is 0. The Kier molecular flexibility index (Phi) is 2.41. The summed E-state index contributed by atoms with van der Waals surface area (Å²) in [5.74, 6) is -1.07. The Hall–Kier alpha value is -1.10. The van der Waals surface area contributed by atoms with Crippen molar-refractivity contribution in [2.75, 3.05) is 13.2 Å². The van der Waals surface area contributed by atoms with E-state index >= 15 is 0 Å². The summed E-state index contributed by atoms with van der Waals surface area (Å²) >= 11 is 0. The third kappa shape index (κ3) is 1.59. The number of ether oxygens (including phenoxy) is 2. The summed E-state index contributed by atoms with van der Waals surface area (Å²) < 4.78 is 10.2. The standard InChI is InChI=1S/C9H13NO4/c1-2-12-8(11)7-6-9(14-10-7)4-3-5-13-9/h2-6H2,1H3. The normalized spacial score (nSPS) is 30.2. The summed E-state index contributed by atoms with van der Waals surface area (Å²) in [5, 5.41) is 3.71. The first-order chi connectivity index (χ1) is 6.76. The number of hydrogen-bond acceptors (Lipinski definition) is 5. The minimum atomic E-state index is -0.665. The third-order valence-corrected chi connectivity index (χ3v) is 2.34. The van der Waals surface area contributed by atoms with Crippen LogP contribution in [0.25, 0.3) is 0 Å². The summed E-state index contributed by atoms with van der Waals surface area (Å²) in [7, 11) is 0. The van der Waals surface area contributed by atoms with Crippen molar-refractivity contribution >= 4 is 11.7 Å². The van der Waals surface area contributed by atoms with E-state index in [2.05, 4.69) is 5.16 Å². The zero-order chi connectivity index (χ0) is 10.0. The highest BCUT2D eigenvalue weighted by Gasteiger charge is 2.45. The molecule has 1 spiro atoms. The van der Waals surface area contributed by atoms with Gasteiger partial charge in [0.25, 0.3) is 0 Å². The first-order valence-electron chi connectivity index (χ1n) is 4.82. The van der Waals surface area contributed by atoms with Gasteiger partial charge in [-0.15, -0.1) is 0 Å². The van der Waals surface area contributed by atoms with Crippen LogP contribution in [0.1, 0.15) is 26.2 Å². The lowest BCUT2D eigenvalue weighted by Crippen LogP contribution is -2.29. The summed E-state index contributed by atoms with van der Waals surface area (Å²) in [6.45, 7) is 2.79. The zero-order valence-electron chi connectivity index (χ0n) is 8.12. The molecule has 2 heterocycles. The molecule has 0 aromatic rings. The largest absolute Gasteiger partial charge is 0.461 e. The van der Waals surface area contributed by atoms with Gasteiger partial charge in [-0.3, -0.25) is 0 Å². The van der Waals surface area contributed by atoms with Gasteiger partial charge in [0.05, 0.1) is 19.6 Å². The molecule has 5 nitrogen and oxygen atoms in total. The first-order valence-corrected chi connectivity index (χ1v) is 4.82. The molecule has 1 atom stereocenters. The van der Waals surface area contributed by atoms with Crippen LogP contribution in [0, 0.1) is 0 Å². The highest BCUT2D eigenvalue weighted by molar-refractivity contribution is 6.36. The van der Waals surface area contributed by atoms with Gasteiger partial charge in [0.15, 0.2) is 5.71 Å². The van der Waals surface area contributed by atoms with Crippen LogP contribution in [0.2, 0.25) is 0 Å². The second kappa shape index (κ2) is 3.57. The van der Waals surface area contributed by atoms with E-state index < -0.39 is 11.8 Å². The van der Waals surface area contributed by atoms with Crippen LogP contribution in [-0.4, -0.2) is 30.7 Å². The number of nitrogens with zero attached hydrogens (tertiary/aromatic N) is 1. The van der Waals surface area contributed by atoms with E-state index in [4.69, 9.17) is 14.3 Å². The average molecular weight is 199 g/mol. The maximum atomic E-state index is 11.3. The van der Waals surface area contributed by atoms with Crippen molar-refractivity contribution in [3.05, 3.63) is 0 Å². The molecule has 1 unspecified atom stereocenters. The molecule has 0 aromatic heterocycles. The first kappa shape index (κ1) is 9.45. The Balaban J connectivity index is 1.95. The van der Waals surface area contributed by atoms with Gasteiger partial charge in [-0.2, -0.15) is 0 Å². The fourth-order valence-electron chi connectivity index (χ4n) is 1.67. The van der Waals surface area contributed by atoms with Crippen molar-refractivity contribution in [3.63, 3.8) is 0 Å². The molecule has 1 saturated heterocycles. The number of rotatable bonds is 2. The quantitative estimate of drug-likeness (QED) is 0.618. The molecule has 2 aliphatic heterocycles. The predicted molar refractivity (Wildman–Crippen MR) is 47.7 cm³/mol. The number of carbonyl (C=O) groups is 1. The van der Waals surface area contributed by atoms with E-state index in [1.807, 2.05) is 0 Å². The fourth-order valence-corrected chi connectivity index (χ4v) is 1.67. The highest BCUT2D eigenvalue weighted by atomic mass is 16.8. The number of carbonyl (C=O) groups excluding carboxylic acids is 1. The molecule has 0 aromatic carbocycles. The molecule has 14 heavy (non-hydrogen) atoms. The van der Waals surface area contributed by atoms with E-state index in [-0.39, 0.29) is 0 Å². The lowest BCUT2D eigenvalue weighted by molar-refractivity contribution is -0.192. The molecule has 78 valence electrons. The number of esters is 1. The van der Waals surface area contributed by atoms with Gasteiger partial charge in [-0.25, -0.2) is 4.79 Å². The minimum absolute atomic E-state index is 0.328. The van der Waals surface area contributed by atoms with Crippen LogP contribution in [0.5, 0.6) is 0 Å². The predicted octanol–water partition coefficient (Wildman–Crippen LogP) is 0.832. The second-order valence-corrected chi connectivity index (χ2v) is 3.39. The van der Waals surface area contributed by atoms with Gasteiger partial charge in [0.2, 0.25) is 5.79 Å². The molecule has 2 aliphatic rings. The summed E-state index contributed by atoms with van der Waals surface area (Å²) in [6.07, 6.45) is 2.15. The van der Waals surface area contributed by atoms with Gasteiger partial charge in [-0.05, 0) is 13.3 Å². The lowest BCUT2D eigenvalue weighted by Gasteiger charge is -2.18. The van der Waals surface area contributed by atoms with Crippen molar-refractivity contribution < 1.29 is 19.1 Å². The molecular formula is C9H13NO4. The maximum absolute atomic E-state index is 11.3. The summed E-state index contributed by atoms with van der Waals surface area (Å²) in [5.41, 5.74) is 0.328. The maximum Gasteiger partial charge on any atom is 0.356 e. The molecule has 0 aliphatic carbocycles. The molecule has 0 amide bonds. The SMILES string of the molecule is CCOC(=O)C1=NOC2(CCCO2)C1. The van der Waals surface area contributed by atoms with Crippen LogP contribution >= 0.6 is 0 Å². The topological polar surface area (TPSA) is 57.1 Å². The molecule has 0 N–H and O–H groups in total. The van der Waals surface area contributed by atoms with Gasteiger partial charge in [0.1, 0.15) is 0 Å². The smallest absolute Gasteiger partial charge is 0.356 e. The molecule has 2 rings (SSSR count). The minimum Gasteiger partial charge on any atom is -0.461 e. The number of oxime groups is 1. The monoisotopic (exact) mass is 199 g/mol. The highest BCUT2D eigenvalue weighted by Crippen LogP contribution is 2.35. The van der Waals surface area contributed by atoms with Gasteiger partial charge >= 0.3 is 5.97 Å². The van der Waals surface area contributed by atoms with Crippen molar-refractivity contribution in [3.8, 4) is 0 Å². The van der Waals surface area contributed by atoms with E-state index in [0.717, 1.165) is 12.8 Å². The molecule has 0 radical (unpaired) electrons. The Labute approximate surface area is 82.0 Å². The van der Waals surface area contributed by atoms with E-state index in [0.29, 0.717) is 25.3 Å². The Morgan fingerprint density at radius 3 is 3.21 bits per heavy atom. The molecule has 0 saturated carbocycles.